The lowest BCUT2D eigenvalue weighted by Crippen LogP contribution is -2.32. The van der Waals surface area contributed by atoms with Crippen molar-refractivity contribution in [1.29, 1.82) is 0 Å². The van der Waals surface area contributed by atoms with E-state index in [0.717, 1.165) is 11.4 Å². The molecule has 2 aliphatic rings. The maximum atomic E-state index is 11.1. The predicted octanol–water partition coefficient (Wildman–Crippen LogP) is 0.0667. The van der Waals surface area contributed by atoms with Crippen molar-refractivity contribution in [3.8, 4) is 0 Å². The molecule has 0 aromatic heterocycles. The Kier molecular flexibility index (Phi) is 3.31. The fourth-order valence-electron chi connectivity index (χ4n) is 1.80. The molecule has 0 aromatic rings. The third-order valence-corrected chi connectivity index (χ3v) is 2.70. The SMILES string of the molecule is O=C1OCCN1CCCN1C=CN([N+](=O)[O-])C1. The zero-order valence-electron chi connectivity index (χ0n) is 9.32. The number of nitro groups is 1. The quantitative estimate of drug-likeness (QED) is 0.501. The Labute approximate surface area is 98.1 Å². The highest BCUT2D eigenvalue weighted by atomic mass is 16.7. The number of rotatable bonds is 5. The molecular weight excluding hydrogens is 228 g/mol. The van der Waals surface area contributed by atoms with Crippen molar-refractivity contribution in [1.82, 2.24) is 14.8 Å². The smallest absolute Gasteiger partial charge is 0.409 e. The molecule has 8 heteroatoms. The first kappa shape index (κ1) is 11.5. The van der Waals surface area contributed by atoms with Crippen LogP contribution in [0.4, 0.5) is 4.79 Å². The second-order valence-electron chi connectivity index (χ2n) is 3.88. The van der Waals surface area contributed by atoms with E-state index in [0.29, 0.717) is 26.2 Å². The number of cyclic esters (lactones) is 1. The van der Waals surface area contributed by atoms with Crippen LogP contribution in [-0.4, -0.2) is 58.8 Å². The monoisotopic (exact) mass is 242 g/mol. The van der Waals surface area contributed by atoms with Gasteiger partial charge >= 0.3 is 6.09 Å². The van der Waals surface area contributed by atoms with Gasteiger partial charge in [-0.25, -0.2) is 14.9 Å². The number of nitrogens with zero attached hydrogens (tertiary/aromatic N) is 4. The molecule has 0 radical (unpaired) electrons. The standard InChI is InChI=1S/C9H14N4O4/c14-9-11(6-7-17-9)3-1-2-10-4-5-12(8-10)13(15)16/h4-5H,1-3,6-8H2. The first-order chi connectivity index (χ1) is 8.16. The third-order valence-electron chi connectivity index (χ3n) is 2.70. The average molecular weight is 242 g/mol. The minimum atomic E-state index is -0.450. The van der Waals surface area contributed by atoms with Crippen molar-refractivity contribution in [2.45, 2.75) is 6.42 Å². The predicted molar refractivity (Wildman–Crippen MR) is 57.1 cm³/mol. The van der Waals surface area contributed by atoms with E-state index in [1.165, 1.54) is 6.20 Å². The Bertz CT molecular complexity index is 346. The van der Waals surface area contributed by atoms with Crippen LogP contribution in [0.15, 0.2) is 12.4 Å². The number of hydrogen-bond acceptors (Lipinski definition) is 5. The van der Waals surface area contributed by atoms with Crippen LogP contribution < -0.4 is 0 Å². The highest BCUT2D eigenvalue weighted by Crippen LogP contribution is 2.08. The molecule has 94 valence electrons. The largest absolute Gasteiger partial charge is 0.448 e. The molecule has 2 rings (SSSR count). The van der Waals surface area contributed by atoms with Gasteiger partial charge in [-0.1, -0.05) is 5.01 Å². The van der Waals surface area contributed by atoms with E-state index in [9.17, 15) is 14.9 Å². The summed E-state index contributed by atoms with van der Waals surface area (Å²) in [4.78, 5) is 25.1. The zero-order valence-corrected chi connectivity index (χ0v) is 9.32. The maximum absolute atomic E-state index is 11.1. The molecule has 1 amide bonds. The third kappa shape index (κ3) is 2.77. The van der Waals surface area contributed by atoms with Gasteiger partial charge in [0.15, 0.2) is 11.7 Å². The lowest BCUT2D eigenvalue weighted by Gasteiger charge is -2.17. The Morgan fingerprint density at radius 1 is 1.41 bits per heavy atom. The van der Waals surface area contributed by atoms with Crippen LogP contribution in [0.5, 0.6) is 0 Å². The van der Waals surface area contributed by atoms with E-state index >= 15 is 0 Å². The Hall–Kier alpha value is -1.99. The van der Waals surface area contributed by atoms with Crippen molar-refractivity contribution in [3.05, 3.63) is 22.5 Å². The normalized spacial score (nSPS) is 19.1. The maximum Gasteiger partial charge on any atom is 0.409 e. The summed E-state index contributed by atoms with van der Waals surface area (Å²) in [5.74, 6) is 0. The Morgan fingerprint density at radius 2 is 2.24 bits per heavy atom. The highest BCUT2D eigenvalue weighted by molar-refractivity contribution is 5.69. The fourth-order valence-corrected chi connectivity index (χ4v) is 1.80. The second-order valence-corrected chi connectivity index (χ2v) is 3.88. The van der Waals surface area contributed by atoms with Gasteiger partial charge in [0.25, 0.3) is 0 Å². The average Bonchev–Trinajstić information content (AvgIpc) is 2.89. The van der Waals surface area contributed by atoms with E-state index in [4.69, 9.17) is 4.74 Å². The van der Waals surface area contributed by atoms with Crippen molar-refractivity contribution in [2.24, 2.45) is 0 Å². The van der Waals surface area contributed by atoms with E-state index in [1.54, 1.807) is 11.1 Å². The second kappa shape index (κ2) is 4.89. The minimum absolute atomic E-state index is 0.261. The summed E-state index contributed by atoms with van der Waals surface area (Å²) in [7, 11) is 0. The molecule has 0 spiro atoms. The summed E-state index contributed by atoms with van der Waals surface area (Å²) in [5, 5.41) is 11.0. The van der Waals surface area contributed by atoms with Crippen LogP contribution in [0.3, 0.4) is 0 Å². The summed E-state index contributed by atoms with van der Waals surface area (Å²) >= 11 is 0. The number of carbonyl (C=O) groups excluding carboxylic acids is 1. The van der Waals surface area contributed by atoms with Crippen LogP contribution in [-0.2, 0) is 4.74 Å². The van der Waals surface area contributed by atoms with Crippen molar-refractivity contribution < 1.29 is 14.6 Å². The minimum Gasteiger partial charge on any atom is -0.448 e. The molecule has 1 fully saturated rings. The molecule has 2 aliphatic heterocycles. The lowest BCUT2D eigenvalue weighted by atomic mass is 10.3. The van der Waals surface area contributed by atoms with Crippen molar-refractivity contribution in [2.75, 3.05) is 32.9 Å². The molecule has 8 nitrogen and oxygen atoms in total. The number of hydrazine groups is 1. The van der Waals surface area contributed by atoms with Crippen LogP contribution in [0.25, 0.3) is 0 Å². The van der Waals surface area contributed by atoms with E-state index in [2.05, 4.69) is 0 Å². The summed E-state index contributed by atoms with van der Waals surface area (Å²) in [6.07, 6.45) is 3.62. The van der Waals surface area contributed by atoms with Gasteiger partial charge in [-0.15, -0.1) is 0 Å². The number of amides is 1. The number of hydrogen-bond donors (Lipinski definition) is 0. The van der Waals surface area contributed by atoms with Crippen molar-refractivity contribution >= 4 is 6.09 Å². The molecule has 0 N–H and O–H groups in total. The first-order valence-electron chi connectivity index (χ1n) is 5.42. The van der Waals surface area contributed by atoms with Crippen LogP contribution >= 0.6 is 0 Å². The summed E-state index contributed by atoms with van der Waals surface area (Å²) in [6, 6.07) is 0. The molecule has 17 heavy (non-hydrogen) atoms. The highest BCUT2D eigenvalue weighted by Gasteiger charge is 2.23. The van der Waals surface area contributed by atoms with Gasteiger partial charge in [0.05, 0.1) is 12.7 Å². The van der Waals surface area contributed by atoms with Gasteiger partial charge in [0, 0.05) is 19.3 Å². The summed E-state index contributed by atoms with van der Waals surface area (Å²) in [6.45, 7) is 2.66. The molecular formula is C9H14N4O4. The van der Waals surface area contributed by atoms with Gasteiger partial charge in [-0.2, -0.15) is 0 Å². The van der Waals surface area contributed by atoms with Gasteiger partial charge in [0.1, 0.15) is 6.61 Å². The molecule has 0 aliphatic carbocycles. The fraction of sp³-hybridized carbons (Fsp3) is 0.667. The van der Waals surface area contributed by atoms with Crippen LogP contribution in [0.2, 0.25) is 0 Å². The van der Waals surface area contributed by atoms with E-state index in [1.807, 2.05) is 4.90 Å². The molecule has 0 unspecified atom stereocenters. The molecule has 0 atom stereocenters. The topological polar surface area (TPSA) is 79.2 Å². The number of ether oxygens (including phenoxy) is 1. The van der Waals surface area contributed by atoms with E-state index in [-0.39, 0.29) is 12.8 Å². The zero-order chi connectivity index (χ0) is 12.3. The molecule has 1 saturated heterocycles. The van der Waals surface area contributed by atoms with Crippen LogP contribution in [0, 0.1) is 10.1 Å². The summed E-state index contributed by atoms with van der Waals surface area (Å²) in [5.41, 5.74) is 0. The van der Waals surface area contributed by atoms with Gasteiger partial charge < -0.3 is 14.5 Å². The Balaban J connectivity index is 1.65. The van der Waals surface area contributed by atoms with Gasteiger partial charge in [-0.05, 0) is 6.42 Å². The van der Waals surface area contributed by atoms with Crippen LogP contribution in [0.1, 0.15) is 6.42 Å². The van der Waals surface area contributed by atoms with Gasteiger partial charge in [0.2, 0.25) is 0 Å². The summed E-state index contributed by atoms with van der Waals surface area (Å²) < 4.78 is 4.80. The molecule has 2 heterocycles. The Morgan fingerprint density at radius 3 is 2.82 bits per heavy atom. The first-order valence-corrected chi connectivity index (χ1v) is 5.42. The lowest BCUT2D eigenvalue weighted by molar-refractivity contribution is -0.640. The molecule has 0 bridgehead atoms. The molecule has 0 aromatic carbocycles. The number of carbonyl (C=O) groups is 1. The molecule has 0 saturated carbocycles. The van der Waals surface area contributed by atoms with Gasteiger partial charge in [-0.3, -0.25) is 0 Å². The van der Waals surface area contributed by atoms with Crippen molar-refractivity contribution in [3.63, 3.8) is 0 Å². The van der Waals surface area contributed by atoms with E-state index < -0.39 is 5.03 Å².